The van der Waals surface area contributed by atoms with Crippen molar-refractivity contribution in [3.8, 4) is 0 Å². The molecule has 0 radical (unpaired) electrons. The Morgan fingerprint density at radius 3 is 3.05 bits per heavy atom. The summed E-state index contributed by atoms with van der Waals surface area (Å²) in [6.45, 7) is 3.51. The van der Waals surface area contributed by atoms with Gasteiger partial charge in [-0.25, -0.2) is 4.98 Å². The maximum atomic E-state index is 11.3. The second kappa shape index (κ2) is 6.72. The topological polar surface area (TPSA) is 58.2 Å². The lowest BCUT2D eigenvalue weighted by Gasteiger charge is -2.14. The van der Waals surface area contributed by atoms with Crippen LogP contribution in [0.2, 0.25) is 5.02 Å². The summed E-state index contributed by atoms with van der Waals surface area (Å²) < 4.78 is 4.90. The molecule has 0 aliphatic carbocycles. The van der Waals surface area contributed by atoms with Gasteiger partial charge in [-0.05, 0) is 32.2 Å². The second-order valence-electron chi connectivity index (χ2n) is 4.64. The number of hydrogen-bond acceptors (Lipinski definition) is 4. The summed E-state index contributed by atoms with van der Waals surface area (Å²) in [5.74, 6) is 0.685. The molecule has 0 saturated carbocycles. The summed E-state index contributed by atoms with van der Waals surface area (Å²) in [4.78, 5) is 21.0. The number of ether oxygens (including phenoxy) is 1. The van der Waals surface area contributed by atoms with E-state index in [4.69, 9.17) is 16.3 Å². The first kappa shape index (κ1) is 14.8. The molecule has 0 aliphatic rings. The Morgan fingerprint density at radius 2 is 2.30 bits per heavy atom. The van der Waals surface area contributed by atoms with E-state index in [1.54, 1.807) is 6.92 Å². The van der Waals surface area contributed by atoms with Gasteiger partial charge in [0.15, 0.2) is 0 Å². The summed E-state index contributed by atoms with van der Waals surface area (Å²) in [7, 11) is 1.94. The standard InChI is InChI=1S/C14H18ClN3O2/c1-3-20-14(19)6-7-18(2)9-13-16-11-5-4-10(15)8-12(11)17-13/h4-5,8H,3,6-7,9H2,1-2H3,(H,16,17). The van der Waals surface area contributed by atoms with Crippen LogP contribution in [0.15, 0.2) is 18.2 Å². The molecule has 0 fully saturated rings. The van der Waals surface area contributed by atoms with Gasteiger partial charge in [0.25, 0.3) is 0 Å². The van der Waals surface area contributed by atoms with Crippen molar-refractivity contribution in [3.05, 3.63) is 29.0 Å². The molecule has 0 saturated heterocycles. The average molecular weight is 296 g/mol. The molecule has 0 aliphatic heterocycles. The van der Waals surface area contributed by atoms with Crippen LogP contribution in [0.4, 0.5) is 0 Å². The molecule has 0 bridgehead atoms. The van der Waals surface area contributed by atoms with Gasteiger partial charge >= 0.3 is 5.97 Å². The van der Waals surface area contributed by atoms with Crippen LogP contribution in [0.5, 0.6) is 0 Å². The molecule has 1 heterocycles. The molecule has 1 N–H and O–H groups in total. The number of carbonyl (C=O) groups is 1. The van der Waals surface area contributed by atoms with Gasteiger partial charge in [-0.2, -0.15) is 0 Å². The Kier molecular flexibility index (Phi) is 4.98. The molecule has 1 aromatic carbocycles. The Bertz CT molecular complexity index is 597. The normalized spacial score (nSPS) is 11.2. The Labute approximate surface area is 122 Å². The molecule has 2 rings (SSSR count). The Hall–Kier alpha value is -1.59. The highest BCUT2D eigenvalue weighted by atomic mass is 35.5. The van der Waals surface area contributed by atoms with Crippen LogP contribution in [0.1, 0.15) is 19.2 Å². The van der Waals surface area contributed by atoms with Crippen molar-refractivity contribution in [3.63, 3.8) is 0 Å². The monoisotopic (exact) mass is 295 g/mol. The van der Waals surface area contributed by atoms with Gasteiger partial charge in [-0.15, -0.1) is 0 Å². The molecule has 2 aromatic rings. The zero-order chi connectivity index (χ0) is 14.5. The minimum absolute atomic E-state index is 0.171. The van der Waals surface area contributed by atoms with Gasteiger partial charge in [-0.3, -0.25) is 9.69 Å². The number of carbonyl (C=O) groups excluding carboxylic acids is 1. The van der Waals surface area contributed by atoms with E-state index in [1.165, 1.54) is 0 Å². The Balaban J connectivity index is 1.92. The fourth-order valence-corrected chi connectivity index (χ4v) is 2.13. The van der Waals surface area contributed by atoms with Gasteiger partial charge in [0.2, 0.25) is 0 Å². The van der Waals surface area contributed by atoms with Crippen molar-refractivity contribution in [2.75, 3.05) is 20.2 Å². The second-order valence-corrected chi connectivity index (χ2v) is 5.07. The van der Waals surface area contributed by atoms with E-state index in [-0.39, 0.29) is 5.97 Å². The lowest BCUT2D eigenvalue weighted by molar-refractivity contribution is -0.143. The number of fused-ring (bicyclic) bond motifs is 1. The molecule has 20 heavy (non-hydrogen) atoms. The maximum Gasteiger partial charge on any atom is 0.307 e. The number of halogens is 1. The number of aromatic nitrogens is 2. The van der Waals surface area contributed by atoms with Crippen LogP contribution in [-0.2, 0) is 16.1 Å². The molecule has 0 unspecified atom stereocenters. The predicted octanol–water partition coefficient (Wildman–Crippen LogP) is 2.60. The lowest BCUT2D eigenvalue weighted by Crippen LogP contribution is -2.22. The van der Waals surface area contributed by atoms with E-state index in [9.17, 15) is 4.79 Å². The Morgan fingerprint density at radius 1 is 1.50 bits per heavy atom. The van der Waals surface area contributed by atoms with Crippen LogP contribution in [0.25, 0.3) is 11.0 Å². The van der Waals surface area contributed by atoms with Crippen LogP contribution in [0, 0.1) is 0 Å². The number of benzene rings is 1. The van der Waals surface area contributed by atoms with Gasteiger partial charge in [0.1, 0.15) is 5.82 Å². The third kappa shape index (κ3) is 3.95. The smallest absolute Gasteiger partial charge is 0.307 e. The minimum Gasteiger partial charge on any atom is -0.466 e. The molecule has 5 nitrogen and oxygen atoms in total. The number of aromatic amines is 1. The summed E-state index contributed by atoms with van der Waals surface area (Å²) in [5.41, 5.74) is 1.81. The summed E-state index contributed by atoms with van der Waals surface area (Å²) in [5, 5.41) is 0.684. The number of hydrogen-bond donors (Lipinski definition) is 1. The van der Waals surface area contributed by atoms with Crippen LogP contribution in [-0.4, -0.2) is 41.0 Å². The average Bonchev–Trinajstić information content (AvgIpc) is 2.78. The van der Waals surface area contributed by atoms with E-state index in [1.807, 2.05) is 30.1 Å². The van der Waals surface area contributed by atoms with Gasteiger partial charge in [-0.1, -0.05) is 11.6 Å². The zero-order valence-corrected chi connectivity index (χ0v) is 12.4. The van der Waals surface area contributed by atoms with Crippen LogP contribution >= 0.6 is 11.6 Å². The van der Waals surface area contributed by atoms with Crippen molar-refractivity contribution < 1.29 is 9.53 Å². The predicted molar refractivity (Wildman–Crippen MR) is 78.7 cm³/mol. The summed E-state index contributed by atoms with van der Waals surface area (Å²) in [6.07, 6.45) is 0.385. The number of nitrogens with one attached hydrogen (secondary N) is 1. The highest BCUT2D eigenvalue weighted by Gasteiger charge is 2.08. The fourth-order valence-electron chi connectivity index (χ4n) is 1.96. The van der Waals surface area contributed by atoms with Crippen molar-refractivity contribution in [2.45, 2.75) is 19.9 Å². The maximum absolute atomic E-state index is 11.3. The van der Waals surface area contributed by atoms with Gasteiger partial charge < -0.3 is 9.72 Å². The van der Waals surface area contributed by atoms with E-state index < -0.39 is 0 Å². The van der Waals surface area contributed by atoms with Crippen molar-refractivity contribution in [2.24, 2.45) is 0 Å². The van der Waals surface area contributed by atoms with Gasteiger partial charge in [0, 0.05) is 11.6 Å². The number of nitrogens with zero attached hydrogens (tertiary/aromatic N) is 2. The molecule has 6 heteroatoms. The third-order valence-electron chi connectivity index (χ3n) is 2.92. The first-order valence-electron chi connectivity index (χ1n) is 6.57. The van der Waals surface area contributed by atoms with Crippen molar-refractivity contribution in [1.29, 1.82) is 0 Å². The summed E-state index contributed by atoms with van der Waals surface area (Å²) >= 11 is 5.94. The molecule has 0 spiro atoms. The SMILES string of the molecule is CCOC(=O)CCN(C)Cc1nc2ccc(Cl)cc2[nH]1. The van der Waals surface area contributed by atoms with E-state index in [2.05, 4.69) is 9.97 Å². The van der Waals surface area contributed by atoms with Crippen molar-refractivity contribution in [1.82, 2.24) is 14.9 Å². The summed E-state index contributed by atoms with van der Waals surface area (Å²) in [6, 6.07) is 5.56. The van der Waals surface area contributed by atoms with E-state index in [0.717, 1.165) is 16.9 Å². The molecule has 1 aromatic heterocycles. The molecule has 0 atom stereocenters. The highest BCUT2D eigenvalue weighted by Crippen LogP contribution is 2.17. The van der Waals surface area contributed by atoms with Gasteiger partial charge in [0.05, 0.1) is 30.6 Å². The number of esters is 1. The number of rotatable bonds is 6. The highest BCUT2D eigenvalue weighted by molar-refractivity contribution is 6.31. The van der Waals surface area contributed by atoms with E-state index in [0.29, 0.717) is 31.1 Å². The molecular formula is C14H18ClN3O2. The zero-order valence-electron chi connectivity index (χ0n) is 11.6. The number of H-pyrrole nitrogens is 1. The molecular weight excluding hydrogens is 278 g/mol. The third-order valence-corrected chi connectivity index (χ3v) is 3.15. The quantitative estimate of drug-likeness (QED) is 0.832. The van der Waals surface area contributed by atoms with Crippen LogP contribution < -0.4 is 0 Å². The lowest BCUT2D eigenvalue weighted by atomic mass is 10.3. The number of imidazole rings is 1. The minimum atomic E-state index is -0.171. The molecule has 108 valence electrons. The van der Waals surface area contributed by atoms with Crippen molar-refractivity contribution >= 4 is 28.6 Å². The molecule has 0 amide bonds. The first-order chi connectivity index (χ1) is 9.58. The van der Waals surface area contributed by atoms with Crippen LogP contribution in [0.3, 0.4) is 0 Å². The first-order valence-corrected chi connectivity index (χ1v) is 6.94. The fraction of sp³-hybridized carbons (Fsp3) is 0.429. The largest absolute Gasteiger partial charge is 0.466 e. The van der Waals surface area contributed by atoms with E-state index >= 15 is 0 Å².